The van der Waals surface area contributed by atoms with E-state index in [1.807, 2.05) is 0 Å². The molecule has 0 saturated carbocycles. The van der Waals surface area contributed by atoms with E-state index in [1.54, 1.807) is 12.1 Å². The molecule has 2 saturated heterocycles. The third-order valence-electron chi connectivity index (χ3n) is 7.06. The number of carbonyl (C=O) groups excluding carboxylic acids is 2. The second-order valence-electron chi connectivity index (χ2n) is 10.5. The fraction of sp³-hybridized carbons (Fsp3) is 0.375. The summed E-state index contributed by atoms with van der Waals surface area (Å²) in [5.74, 6) is 9.46. The molecule has 1 aromatic carbocycles. The number of carbonyl (C=O) groups is 2. The molecule has 1 aromatic rings. The zero-order valence-electron chi connectivity index (χ0n) is 22.5. The molecule has 9 heteroatoms. The average molecular weight is 560 g/mol. The number of rotatable bonds is 4. The van der Waals surface area contributed by atoms with Crippen molar-refractivity contribution in [3.8, 4) is 23.7 Å². The van der Waals surface area contributed by atoms with Crippen LogP contribution in [-0.2, 0) is 19.1 Å². The maximum absolute atomic E-state index is 14.3. The maximum Gasteiger partial charge on any atom is 0.255 e. The number of allylic oxidation sites excluding steroid dienone is 4. The molecule has 2 heterocycles. The average Bonchev–Trinajstić information content (AvgIpc) is 3.64. The Balaban J connectivity index is 1.25. The van der Waals surface area contributed by atoms with Gasteiger partial charge in [-0.05, 0) is 49.3 Å². The maximum atomic E-state index is 14.3. The molecule has 4 atom stereocenters. The van der Waals surface area contributed by atoms with Gasteiger partial charge in [0.1, 0.15) is 11.6 Å². The van der Waals surface area contributed by atoms with Crippen LogP contribution >= 0.6 is 0 Å². The fourth-order valence-corrected chi connectivity index (χ4v) is 4.96. The smallest absolute Gasteiger partial charge is 0.255 e. The highest BCUT2D eigenvalue weighted by Gasteiger charge is 2.25. The molecule has 41 heavy (non-hydrogen) atoms. The Bertz CT molecular complexity index is 1460. The minimum absolute atomic E-state index is 0.0992. The summed E-state index contributed by atoms with van der Waals surface area (Å²) in [5, 5.41) is 5.40. The molecule has 2 aliphatic heterocycles. The van der Waals surface area contributed by atoms with E-state index in [0.29, 0.717) is 43.4 Å². The second kappa shape index (κ2) is 13.0. The van der Waals surface area contributed by atoms with Crippen LogP contribution in [-0.4, -0.2) is 38.2 Å². The zero-order chi connectivity index (χ0) is 28.8. The van der Waals surface area contributed by atoms with Crippen molar-refractivity contribution in [1.29, 1.82) is 0 Å². The third kappa shape index (κ3) is 7.94. The van der Waals surface area contributed by atoms with E-state index in [4.69, 9.17) is 15.2 Å². The van der Waals surface area contributed by atoms with Crippen molar-refractivity contribution in [2.45, 2.75) is 25.7 Å². The van der Waals surface area contributed by atoms with E-state index in [2.05, 4.69) is 34.3 Å². The molecule has 7 nitrogen and oxygen atoms in total. The number of halogens is 2. The molecule has 2 aliphatic carbocycles. The molecule has 212 valence electrons. The molecule has 0 bridgehead atoms. The number of nitrogens with one attached hydrogen (secondary N) is 2. The Hall–Kier alpha value is -4.18. The first-order chi connectivity index (χ1) is 19.8. The summed E-state index contributed by atoms with van der Waals surface area (Å²) in [6, 6.07) is 4.07. The fourth-order valence-electron chi connectivity index (χ4n) is 4.96. The molecule has 5 rings (SSSR count). The van der Waals surface area contributed by atoms with E-state index in [1.165, 1.54) is 30.4 Å². The lowest BCUT2D eigenvalue weighted by Gasteiger charge is -2.21. The number of benzene rings is 1. The molecule has 0 radical (unpaired) electrons. The van der Waals surface area contributed by atoms with Crippen molar-refractivity contribution in [2.75, 3.05) is 31.7 Å². The van der Waals surface area contributed by atoms with Crippen molar-refractivity contribution < 1.29 is 27.8 Å². The predicted molar refractivity (Wildman–Crippen MR) is 150 cm³/mol. The lowest BCUT2D eigenvalue weighted by Crippen LogP contribution is -2.32. The summed E-state index contributed by atoms with van der Waals surface area (Å²) in [6.45, 7) is 2.47. The van der Waals surface area contributed by atoms with Gasteiger partial charge in [0.25, 0.3) is 5.91 Å². The van der Waals surface area contributed by atoms with E-state index < -0.39 is 23.5 Å². The topological polar surface area (TPSA) is 103 Å². The molecule has 4 N–H and O–H groups in total. The summed E-state index contributed by atoms with van der Waals surface area (Å²) < 4.78 is 39.2. The van der Waals surface area contributed by atoms with Crippen molar-refractivity contribution >= 4 is 17.5 Å². The third-order valence-corrected chi connectivity index (χ3v) is 7.06. The summed E-state index contributed by atoms with van der Waals surface area (Å²) in [6.07, 6.45) is 8.01. The van der Waals surface area contributed by atoms with Crippen molar-refractivity contribution in [3.05, 3.63) is 76.7 Å². The first kappa shape index (κ1) is 28.4. The first-order valence-corrected chi connectivity index (χ1v) is 13.7. The van der Waals surface area contributed by atoms with Gasteiger partial charge in [-0.1, -0.05) is 29.8 Å². The standard InChI is InChI=1S/C32H31F2N3O4/c33-26-9-22(3-1-20-5-7-40-18-20)11-29(16-26)36-31(38)24-13-25(15-28(35)14-24)32(39)37-30-12-23(10-27(34)17-30)4-2-21-6-8-41-19-21/h9,11-14,16-17,20-21,23,25H,5-8,10,15,18-19,35H2,(H,36,38)(H,37,39). The van der Waals surface area contributed by atoms with Crippen LogP contribution in [0.1, 0.15) is 31.2 Å². The minimum atomic E-state index is -0.761. The van der Waals surface area contributed by atoms with E-state index in [-0.39, 0.29) is 47.7 Å². The molecule has 4 aliphatic rings. The second-order valence-corrected chi connectivity index (χ2v) is 10.5. The highest BCUT2D eigenvalue weighted by atomic mass is 19.1. The van der Waals surface area contributed by atoms with Gasteiger partial charge in [-0.15, -0.1) is 0 Å². The van der Waals surface area contributed by atoms with Crippen molar-refractivity contribution in [1.82, 2.24) is 5.32 Å². The Morgan fingerprint density at radius 3 is 2.39 bits per heavy atom. The summed E-state index contributed by atoms with van der Waals surface area (Å²) >= 11 is 0. The Labute approximate surface area is 237 Å². The lowest BCUT2D eigenvalue weighted by atomic mass is 9.92. The number of amides is 2. The SMILES string of the molecule is NC1=CC(C(=O)Nc2cc(F)cc(C#CC3CCOC3)c2)=CC(C(=O)NC2=CC(C#CC3CCOC3)CC(F)=C2)C1. The largest absolute Gasteiger partial charge is 0.402 e. The van der Waals surface area contributed by atoms with Crippen molar-refractivity contribution in [2.24, 2.45) is 29.4 Å². The van der Waals surface area contributed by atoms with Crippen LogP contribution in [0, 0.1) is 53.2 Å². The van der Waals surface area contributed by atoms with Crippen LogP contribution in [0.2, 0.25) is 0 Å². The van der Waals surface area contributed by atoms with E-state index in [0.717, 1.165) is 12.8 Å². The molecule has 0 spiro atoms. The first-order valence-electron chi connectivity index (χ1n) is 13.7. The summed E-state index contributed by atoms with van der Waals surface area (Å²) in [7, 11) is 0. The van der Waals surface area contributed by atoms with Crippen LogP contribution in [0.3, 0.4) is 0 Å². The van der Waals surface area contributed by atoms with Gasteiger partial charge in [-0.3, -0.25) is 9.59 Å². The van der Waals surface area contributed by atoms with E-state index >= 15 is 0 Å². The Morgan fingerprint density at radius 1 is 0.902 bits per heavy atom. The molecule has 4 unspecified atom stereocenters. The molecule has 0 aromatic heterocycles. The van der Waals surface area contributed by atoms with Gasteiger partial charge in [-0.25, -0.2) is 8.78 Å². The highest BCUT2D eigenvalue weighted by Crippen LogP contribution is 2.26. The molecular formula is C32H31F2N3O4. The predicted octanol–water partition coefficient (Wildman–Crippen LogP) is 3.85. The van der Waals surface area contributed by atoms with Gasteiger partial charge in [0.15, 0.2) is 0 Å². The van der Waals surface area contributed by atoms with Crippen LogP contribution in [0.5, 0.6) is 0 Å². The minimum Gasteiger partial charge on any atom is -0.402 e. The molecule has 2 fully saturated rings. The molecule has 2 amide bonds. The number of hydrogen-bond acceptors (Lipinski definition) is 5. The normalized spacial score (nSPS) is 25.3. The zero-order valence-corrected chi connectivity index (χ0v) is 22.5. The van der Waals surface area contributed by atoms with Gasteiger partial charge in [0, 0.05) is 72.0 Å². The van der Waals surface area contributed by atoms with Gasteiger partial charge in [0.05, 0.1) is 19.1 Å². The quantitative estimate of drug-likeness (QED) is 0.487. The Morgan fingerprint density at radius 2 is 1.66 bits per heavy atom. The van der Waals surface area contributed by atoms with Crippen LogP contribution < -0.4 is 16.4 Å². The monoisotopic (exact) mass is 559 g/mol. The van der Waals surface area contributed by atoms with Gasteiger partial charge >= 0.3 is 0 Å². The number of anilines is 1. The van der Waals surface area contributed by atoms with Crippen LogP contribution in [0.15, 0.2) is 65.3 Å². The highest BCUT2D eigenvalue weighted by molar-refractivity contribution is 6.06. The van der Waals surface area contributed by atoms with Gasteiger partial charge in [0.2, 0.25) is 5.91 Å². The van der Waals surface area contributed by atoms with Crippen LogP contribution in [0.4, 0.5) is 14.5 Å². The molecular weight excluding hydrogens is 528 g/mol. The van der Waals surface area contributed by atoms with Crippen LogP contribution in [0.25, 0.3) is 0 Å². The Kier molecular flexibility index (Phi) is 8.98. The van der Waals surface area contributed by atoms with E-state index in [9.17, 15) is 18.4 Å². The lowest BCUT2D eigenvalue weighted by molar-refractivity contribution is -0.122. The number of hydrogen-bond donors (Lipinski definition) is 3. The van der Waals surface area contributed by atoms with Crippen molar-refractivity contribution in [3.63, 3.8) is 0 Å². The van der Waals surface area contributed by atoms with Gasteiger partial charge in [-0.2, -0.15) is 0 Å². The summed E-state index contributed by atoms with van der Waals surface area (Å²) in [5.41, 5.74) is 7.53. The summed E-state index contributed by atoms with van der Waals surface area (Å²) in [4.78, 5) is 26.1. The number of ether oxygens (including phenoxy) is 2. The van der Waals surface area contributed by atoms with Gasteiger partial charge < -0.3 is 25.8 Å². The number of nitrogens with two attached hydrogens (primary N) is 1.